The molecule has 0 amide bonds. The number of carbonyl (C=O) groups is 1. The molecule has 1 heterocycles. The lowest BCUT2D eigenvalue weighted by molar-refractivity contribution is -0.386. The average molecular weight is 310 g/mol. The van der Waals surface area contributed by atoms with Crippen LogP contribution in [-0.2, 0) is 4.74 Å². The fourth-order valence-electron chi connectivity index (χ4n) is 1.37. The molecule has 0 atom stereocenters. The van der Waals surface area contributed by atoms with Crippen molar-refractivity contribution in [2.45, 2.75) is 13.3 Å². The van der Waals surface area contributed by atoms with Crippen LogP contribution >= 0.6 is 0 Å². The van der Waals surface area contributed by atoms with E-state index in [9.17, 15) is 28.1 Å². The molecule has 1 aromatic heterocycles. The quantitative estimate of drug-likeness (QED) is 0.466. The Hall–Kier alpha value is -2.59. The third-order valence-corrected chi connectivity index (χ3v) is 2.07. The summed E-state index contributed by atoms with van der Waals surface area (Å²) in [6.07, 6.45) is -4.57. The number of carbonyl (C=O) groups excluding carboxylic acids is 1. The number of hydrogen-bond donors (Lipinski definition) is 0. The fourth-order valence-corrected chi connectivity index (χ4v) is 1.37. The Kier molecular flexibility index (Phi) is 4.89. The molecule has 0 unspecified atom stereocenters. The van der Waals surface area contributed by atoms with Crippen molar-refractivity contribution in [3.05, 3.63) is 21.9 Å². The fraction of sp³-hybridized carbons (Fsp3) is 0.400. The first-order chi connectivity index (χ1) is 9.71. The number of aromatic nitrogens is 1. The molecule has 116 valence electrons. The van der Waals surface area contributed by atoms with Gasteiger partial charge in [-0.1, -0.05) is 0 Å². The first-order valence-corrected chi connectivity index (χ1v) is 5.35. The van der Waals surface area contributed by atoms with Gasteiger partial charge >= 0.3 is 18.0 Å². The zero-order valence-electron chi connectivity index (χ0n) is 10.8. The van der Waals surface area contributed by atoms with Crippen LogP contribution in [0.2, 0.25) is 0 Å². The van der Waals surface area contributed by atoms with Crippen LogP contribution in [0.1, 0.15) is 17.3 Å². The van der Waals surface area contributed by atoms with Crippen molar-refractivity contribution >= 4 is 11.7 Å². The maximum Gasteiger partial charge on any atom is 0.574 e. The number of ether oxygens (including phenoxy) is 3. The minimum absolute atomic E-state index is 0.0842. The summed E-state index contributed by atoms with van der Waals surface area (Å²) in [5, 5.41) is 11.0. The summed E-state index contributed by atoms with van der Waals surface area (Å²) in [6.45, 7) is 1.37. The van der Waals surface area contributed by atoms with Gasteiger partial charge in [-0.3, -0.25) is 10.1 Å². The molecule has 0 aliphatic rings. The highest BCUT2D eigenvalue weighted by atomic mass is 19.4. The Labute approximate surface area is 115 Å². The van der Waals surface area contributed by atoms with Gasteiger partial charge in [-0.05, 0) is 6.92 Å². The zero-order valence-corrected chi connectivity index (χ0v) is 10.8. The van der Waals surface area contributed by atoms with Gasteiger partial charge in [-0.2, -0.15) is 0 Å². The van der Waals surface area contributed by atoms with Crippen molar-refractivity contribution in [3.63, 3.8) is 0 Å². The van der Waals surface area contributed by atoms with Crippen LogP contribution in [0, 0.1) is 10.1 Å². The third kappa shape index (κ3) is 3.94. The normalized spacial score (nSPS) is 10.9. The molecule has 0 fully saturated rings. The van der Waals surface area contributed by atoms with E-state index in [2.05, 4.69) is 19.2 Å². The van der Waals surface area contributed by atoms with Gasteiger partial charge in [0.15, 0.2) is 5.56 Å². The van der Waals surface area contributed by atoms with E-state index in [0.29, 0.717) is 6.20 Å². The largest absolute Gasteiger partial charge is 0.574 e. The lowest BCUT2D eigenvalue weighted by Gasteiger charge is -2.12. The molecule has 1 rings (SSSR count). The van der Waals surface area contributed by atoms with E-state index >= 15 is 0 Å². The summed E-state index contributed by atoms with van der Waals surface area (Å²) in [4.78, 5) is 24.7. The number of halogens is 3. The van der Waals surface area contributed by atoms with Crippen LogP contribution in [0.5, 0.6) is 11.6 Å². The number of nitro groups is 1. The van der Waals surface area contributed by atoms with Crippen LogP contribution in [0.25, 0.3) is 0 Å². The van der Waals surface area contributed by atoms with Crippen molar-refractivity contribution in [2.24, 2.45) is 0 Å². The van der Waals surface area contributed by atoms with E-state index in [1.54, 1.807) is 0 Å². The maximum atomic E-state index is 12.2. The van der Waals surface area contributed by atoms with E-state index < -0.39 is 40.1 Å². The molecular weight excluding hydrogens is 301 g/mol. The van der Waals surface area contributed by atoms with Crippen LogP contribution < -0.4 is 9.47 Å². The Balaban J connectivity index is 3.45. The molecule has 1 aromatic rings. The lowest BCUT2D eigenvalue weighted by atomic mass is 10.2. The van der Waals surface area contributed by atoms with Crippen LogP contribution in [0.15, 0.2) is 6.20 Å². The van der Waals surface area contributed by atoms with E-state index in [1.165, 1.54) is 6.92 Å². The monoisotopic (exact) mass is 310 g/mol. The van der Waals surface area contributed by atoms with Gasteiger partial charge in [-0.25, -0.2) is 9.78 Å². The Bertz CT molecular complexity index is 560. The van der Waals surface area contributed by atoms with E-state index in [-0.39, 0.29) is 6.61 Å². The molecule has 21 heavy (non-hydrogen) atoms. The summed E-state index contributed by atoms with van der Waals surface area (Å²) < 4.78 is 49.2. The summed E-state index contributed by atoms with van der Waals surface area (Å²) >= 11 is 0. The highest BCUT2D eigenvalue weighted by Crippen LogP contribution is 2.40. The molecular formula is C10H9F3N2O6. The molecule has 0 aromatic carbocycles. The van der Waals surface area contributed by atoms with Gasteiger partial charge in [0.05, 0.1) is 24.8 Å². The molecule has 0 aliphatic carbocycles. The van der Waals surface area contributed by atoms with Gasteiger partial charge in [0.25, 0.3) is 11.6 Å². The second kappa shape index (κ2) is 6.24. The van der Waals surface area contributed by atoms with Crippen LogP contribution in [-0.4, -0.2) is 36.0 Å². The van der Waals surface area contributed by atoms with E-state index in [1.807, 2.05) is 0 Å². The molecule has 0 bridgehead atoms. The number of hydrogen-bond acceptors (Lipinski definition) is 7. The Morgan fingerprint density at radius 1 is 1.48 bits per heavy atom. The van der Waals surface area contributed by atoms with Crippen molar-refractivity contribution in [1.82, 2.24) is 4.98 Å². The molecule has 0 N–H and O–H groups in total. The summed E-state index contributed by atoms with van der Waals surface area (Å²) in [6, 6.07) is 0. The standard InChI is InChI=1S/C10H9F3N2O6/c1-3-20-9(16)5-4-14-8(21-10(11,12)13)7(19-2)6(5)15(17)18/h4H,3H2,1-2H3. The maximum absolute atomic E-state index is 12.2. The van der Waals surface area contributed by atoms with E-state index in [4.69, 9.17) is 0 Å². The Morgan fingerprint density at radius 2 is 2.10 bits per heavy atom. The molecule has 0 spiro atoms. The molecule has 11 heteroatoms. The SMILES string of the molecule is CCOC(=O)c1cnc(OC(F)(F)F)c(OC)c1[N+](=O)[O-]. The number of rotatable bonds is 5. The minimum atomic E-state index is -5.13. The summed E-state index contributed by atoms with van der Waals surface area (Å²) in [7, 11) is 0.877. The molecule has 0 saturated heterocycles. The smallest absolute Gasteiger partial charge is 0.486 e. The first kappa shape index (κ1) is 16.5. The average Bonchev–Trinajstić information content (AvgIpc) is 2.36. The van der Waals surface area contributed by atoms with Gasteiger partial charge < -0.3 is 14.2 Å². The third-order valence-electron chi connectivity index (χ3n) is 2.07. The van der Waals surface area contributed by atoms with Gasteiger partial charge in [0.1, 0.15) is 0 Å². The highest BCUT2D eigenvalue weighted by Gasteiger charge is 2.38. The predicted octanol–water partition coefficient (Wildman–Crippen LogP) is 2.07. The van der Waals surface area contributed by atoms with Crippen molar-refractivity contribution in [1.29, 1.82) is 0 Å². The molecule has 0 radical (unpaired) electrons. The first-order valence-electron chi connectivity index (χ1n) is 5.35. The van der Waals surface area contributed by atoms with Crippen LogP contribution in [0.4, 0.5) is 18.9 Å². The molecule has 0 saturated carbocycles. The molecule has 8 nitrogen and oxygen atoms in total. The van der Waals surface area contributed by atoms with Gasteiger partial charge in [0, 0.05) is 0 Å². The second-order valence-corrected chi connectivity index (χ2v) is 3.38. The van der Waals surface area contributed by atoms with Gasteiger partial charge in [-0.15, -0.1) is 13.2 Å². The number of esters is 1. The summed E-state index contributed by atoms with van der Waals surface area (Å²) in [5.74, 6) is -3.22. The topological polar surface area (TPSA) is 101 Å². The highest BCUT2D eigenvalue weighted by molar-refractivity contribution is 5.95. The van der Waals surface area contributed by atoms with Crippen molar-refractivity contribution in [2.75, 3.05) is 13.7 Å². The zero-order chi connectivity index (χ0) is 16.2. The van der Waals surface area contributed by atoms with Gasteiger partial charge in [0.2, 0.25) is 0 Å². The number of methoxy groups -OCH3 is 1. The van der Waals surface area contributed by atoms with Crippen molar-refractivity contribution < 1.29 is 37.1 Å². The summed E-state index contributed by atoms with van der Waals surface area (Å²) in [5.41, 5.74) is -1.67. The van der Waals surface area contributed by atoms with Crippen molar-refractivity contribution in [3.8, 4) is 11.6 Å². The number of alkyl halides is 3. The second-order valence-electron chi connectivity index (χ2n) is 3.38. The minimum Gasteiger partial charge on any atom is -0.486 e. The Morgan fingerprint density at radius 3 is 2.52 bits per heavy atom. The number of pyridine rings is 1. The predicted molar refractivity (Wildman–Crippen MR) is 60.1 cm³/mol. The van der Waals surface area contributed by atoms with E-state index in [0.717, 1.165) is 7.11 Å². The van der Waals surface area contributed by atoms with Crippen LogP contribution in [0.3, 0.4) is 0 Å². The number of nitrogens with zero attached hydrogens (tertiary/aromatic N) is 2. The lowest BCUT2D eigenvalue weighted by Crippen LogP contribution is -2.19. The molecule has 0 aliphatic heterocycles.